The van der Waals surface area contributed by atoms with Gasteiger partial charge in [0.05, 0.1) is 17.8 Å². The summed E-state index contributed by atoms with van der Waals surface area (Å²) < 4.78 is 6.48. The average molecular weight is 441 g/mol. The van der Waals surface area contributed by atoms with E-state index in [-0.39, 0.29) is 18.6 Å². The third kappa shape index (κ3) is 4.29. The highest BCUT2D eigenvalue weighted by molar-refractivity contribution is 5.81. The number of aliphatic hydroxyl groups is 1. The molecule has 0 aromatic carbocycles. The van der Waals surface area contributed by atoms with Crippen LogP contribution in [-0.2, 0) is 11.2 Å². The van der Waals surface area contributed by atoms with Crippen LogP contribution in [0.2, 0.25) is 0 Å². The van der Waals surface area contributed by atoms with E-state index in [4.69, 9.17) is 4.74 Å². The first-order valence-electron chi connectivity index (χ1n) is 12.5. The van der Waals surface area contributed by atoms with Crippen LogP contribution < -0.4 is 4.74 Å². The molecular weight excluding hydrogens is 404 g/mol. The van der Waals surface area contributed by atoms with Gasteiger partial charge in [0.25, 0.3) is 0 Å². The number of ether oxygens (including phenoxy) is 1. The molecule has 1 aliphatic heterocycles. The molecule has 1 saturated heterocycles. The first-order valence-corrected chi connectivity index (χ1v) is 12.5. The van der Waals surface area contributed by atoms with E-state index >= 15 is 0 Å². The van der Waals surface area contributed by atoms with Crippen LogP contribution >= 0.6 is 0 Å². The maximum Gasteiger partial charge on any atom is 0.236 e. The van der Waals surface area contributed by atoms with Gasteiger partial charge in [0.15, 0.2) is 0 Å². The number of nitrogens with zero attached hydrogens (tertiary/aromatic N) is 4. The quantitative estimate of drug-likeness (QED) is 0.702. The van der Waals surface area contributed by atoms with Gasteiger partial charge in [-0.25, -0.2) is 9.97 Å². The molecule has 174 valence electrons. The Morgan fingerprint density at radius 3 is 2.72 bits per heavy atom. The zero-order valence-electron chi connectivity index (χ0n) is 19.3. The Hall–Kier alpha value is -1.99. The fourth-order valence-corrected chi connectivity index (χ4v) is 6.20. The summed E-state index contributed by atoms with van der Waals surface area (Å²) in [4.78, 5) is 25.9. The number of rotatable bonds is 7. The molecule has 0 unspecified atom stereocenters. The van der Waals surface area contributed by atoms with Gasteiger partial charge >= 0.3 is 0 Å². The summed E-state index contributed by atoms with van der Waals surface area (Å²) in [7, 11) is 2.09. The van der Waals surface area contributed by atoms with Crippen LogP contribution in [0.15, 0.2) is 11.9 Å². The van der Waals surface area contributed by atoms with Crippen molar-refractivity contribution in [3.63, 3.8) is 0 Å². The molecule has 1 saturated carbocycles. The fraction of sp³-hybridized carbons (Fsp3) is 0.720. The Bertz CT molecular complexity index is 872. The fourth-order valence-electron chi connectivity index (χ4n) is 6.20. The van der Waals surface area contributed by atoms with Crippen molar-refractivity contribution in [3.8, 4) is 5.88 Å². The van der Waals surface area contributed by atoms with Crippen LogP contribution in [0.1, 0.15) is 69.0 Å². The van der Waals surface area contributed by atoms with Crippen LogP contribution in [0.3, 0.4) is 0 Å². The summed E-state index contributed by atoms with van der Waals surface area (Å²) in [5, 5.41) is 9.50. The Balaban J connectivity index is 1.19. The van der Waals surface area contributed by atoms with Gasteiger partial charge in [-0.3, -0.25) is 9.69 Å². The Kier molecular flexibility index (Phi) is 6.47. The summed E-state index contributed by atoms with van der Waals surface area (Å²) in [6.45, 7) is 2.60. The van der Waals surface area contributed by atoms with Crippen LogP contribution in [0.5, 0.6) is 5.88 Å². The molecule has 5 rings (SSSR count). The molecule has 0 bridgehead atoms. The standard InChI is InChI=1S/C25H36N4O3/c1-28(15-22(31)29-11-2-3-12-29)19-6-8-20(9-7-19)32-25-24-21(26-16-27-25)14-18-5-4-17(10-13-30)23(18)24/h16-17,19-20,30H,2-15H2,1H3/t17-,19-,20-/m1/s1. The molecule has 3 aliphatic carbocycles. The summed E-state index contributed by atoms with van der Waals surface area (Å²) in [6, 6.07) is 0.440. The third-order valence-corrected chi connectivity index (χ3v) is 7.99. The number of aromatic nitrogens is 2. The van der Waals surface area contributed by atoms with Crippen LogP contribution in [0.4, 0.5) is 0 Å². The Labute approximate surface area is 190 Å². The lowest BCUT2D eigenvalue weighted by Crippen LogP contribution is -2.44. The number of likely N-dealkylation sites (tertiary alicyclic amines) is 1. The molecular formula is C25H36N4O3. The van der Waals surface area contributed by atoms with E-state index in [1.165, 1.54) is 11.1 Å². The molecule has 1 aromatic rings. The highest BCUT2D eigenvalue weighted by Gasteiger charge is 2.37. The number of aliphatic hydroxyl groups excluding tert-OH is 1. The van der Waals surface area contributed by atoms with Crippen LogP contribution in [0, 0.1) is 5.92 Å². The second-order valence-corrected chi connectivity index (χ2v) is 9.99. The van der Waals surface area contributed by atoms with Gasteiger partial charge in [-0.15, -0.1) is 0 Å². The van der Waals surface area contributed by atoms with Crippen molar-refractivity contribution in [2.75, 3.05) is 33.3 Å². The first kappa shape index (κ1) is 21.8. The molecule has 4 aliphatic rings. The molecule has 2 heterocycles. The normalized spacial score (nSPS) is 27.2. The van der Waals surface area contributed by atoms with Crippen LogP contribution in [0.25, 0.3) is 5.57 Å². The lowest BCUT2D eigenvalue weighted by atomic mass is 9.91. The summed E-state index contributed by atoms with van der Waals surface area (Å²) >= 11 is 0. The van der Waals surface area contributed by atoms with Crippen molar-refractivity contribution >= 4 is 11.5 Å². The van der Waals surface area contributed by atoms with Gasteiger partial charge in [-0.2, -0.15) is 0 Å². The lowest BCUT2D eigenvalue weighted by molar-refractivity contribution is -0.131. The smallest absolute Gasteiger partial charge is 0.236 e. The summed E-state index contributed by atoms with van der Waals surface area (Å²) in [5.41, 5.74) is 5.04. The van der Waals surface area contributed by atoms with Crippen molar-refractivity contribution in [2.45, 2.75) is 76.4 Å². The zero-order valence-corrected chi connectivity index (χ0v) is 19.3. The largest absolute Gasteiger partial charge is 0.474 e. The minimum Gasteiger partial charge on any atom is -0.474 e. The van der Waals surface area contributed by atoms with Crippen molar-refractivity contribution in [1.82, 2.24) is 19.8 Å². The second-order valence-electron chi connectivity index (χ2n) is 9.99. The van der Waals surface area contributed by atoms with E-state index in [1.54, 1.807) is 6.33 Å². The van der Waals surface area contributed by atoms with E-state index in [1.807, 2.05) is 4.90 Å². The molecule has 2 fully saturated rings. The van der Waals surface area contributed by atoms with Gasteiger partial charge in [-0.05, 0) is 76.3 Å². The number of fused-ring (bicyclic) bond motifs is 2. The molecule has 7 heteroatoms. The molecule has 0 spiro atoms. The number of hydrogen-bond donors (Lipinski definition) is 1. The Morgan fingerprint density at radius 1 is 1.19 bits per heavy atom. The molecule has 1 N–H and O–H groups in total. The van der Waals surface area contributed by atoms with Gasteiger partial charge in [0.2, 0.25) is 11.8 Å². The number of allylic oxidation sites excluding steroid dienone is 2. The van der Waals surface area contributed by atoms with E-state index in [0.29, 0.717) is 18.5 Å². The summed E-state index contributed by atoms with van der Waals surface area (Å²) in [6.07, 6.45) is 12.1. The van der Waals surface area contributed by atoms with Crippen molar-refractivity contribution in [3.05, 3.63) is 23.2 Å². The molecule has 32 heavy (non-hydrogen) atoms. The second kappa shape index (κ2) is 9.48. The predicted octanol–water partition coefficient (Wildman–Crippen LogP) is 2.82. The predicted molar refractivity (Wildman–Crippen MR) is 122 cm³/mol. The van der Waals surface area contributed by atoms with E-state index < -0.39 is 0 Å². The highest BCUT2D eigenvalue weighted by Crippen LogP contribution is 2.50. The third-order valence-electron chi connectivity index (χ3n) is 7.99. The number of likely N-dealkylation sites (N-methyl/N-ethyl adjacent to an activating group) is 1. The summed E-state index contributed by atoms with van der Waals surface area (Å²) in [5.74, 6) is 1.42. The molecule has 1 atom stereocenters. The van der Waals surface area contributed by atoms with E-state index in [0.717, 1.165) is 94.4 Å². The first-order chi connectivity index (χ1) is 15.6. The molecule has 7 nitrogen and oxygen atoms in total. The Morgan fingerprint density at radius 2 is 1.97 bits per heavy atom. The van der Waals surface area contributed by atoms with Crippen molar-refractivity contribution in [1.29, 1.82) is 0 Å². The van der Waals surface area contributed by atoms with Gasteiger partial charge < -0.3 is 14.7 Å². The van der Waals surface area contributed by atoms with Gasteiger partial charge in [-0.1, -0.05) is 5.57 Å². The van der Waals surface area contributed by atoms with E-state index in [9.17, 15) is 9.90 Å². The van der Waals surface area contributed by atoms with E-state index in [2.05, 4.69) is 21.9 Å². The topological polar surface area (TPSA) is 78.8 Å². The number of carbonyl (C=O) groups excluding carboxylic acids is 1. The molecule has 1 aromatic heterocycles. The highest BCUT2D eigenvalue weighted by atomic mass is 16.5. The molecule has 1 amide bonds. The number of amides is 1. The minimum atomic E-state index is 0.162. The van der Waals surface area contributed by atoms with Gasteiger partial charge in [0.1, 0.15) is 12.4 Å². The zero-order chi connectivity index (χ0) is 22.1. The van der Waals surface area contributed by atoms with Gasteiger partial charge in [0, 0.05) is 32.2 Å². The number of hydrogen-bond acceptors (Lipinski definition) is 6. The monoisotopic (exact) mass is 440 g/mol. The lowest BCUT2D eigenvalue weighted by Gasteiger charge is -2.35. The number of carbonyl (C=O) groups is 1. The van der Waals surface area contributed by atoms with Crippen LogP contribution in [-0.4, -0.2) is 76.2 Å². The molecule has 0 radical (unpaired) electrons. The maximum absolute atomic E-state index is 12.5. The maximum atomic E-state index is 12.5. The van der Waals surface area contributed by atoms with Crippen molar-refractivity contribution in [2.24, 2.45) is 5.92 Å². The average Bonchev–Trinajstić information content (AvgIpc) is 3.53. The minimum absolute atomic E-state index is 0.162. The SMILES string of the molecule is CN(CC(=O)N1CCCC1)[C@H]1CC[C@H](Oc2ncnc3c2C2=C(CC[C@@H]2CCO)C3)CC1. The van der Waals surface area contributed by atoms with Crippen molar-refractivity contribution < 1.29 is 14.6 Å².